The number of ether oxygens (including phenoxy) is 3. The zero-order valence-electron chi connectivity index (χ0n) is 14.9. The Hall–Kier alpha value is -1.90. The lowest BCUT2D eigenvalue weighted by molar-refractivity contribution is -0.00461. The van der Waals surface area contributed by atoms with E-state index in [4.69, 9.17) is 14.2 Å². The van der Waals surface area contributed by atoms with E-state index in [1.807, 2.05) is 31.4 Å². The van der Waals surface area contributed by atoms with Crippen molar-refractivity contribution in [3.63, 3.8) is 0 Å². The van der Waals surface area contributed by atoms with Crippen molar-refractivity contribution in [1.82, 2.24) is 15.0 Å². The molecule has 0 N–H and O–H groups in total. The molecule has 2 aromatic rings. The minimum absolute atomic E-state index is 0.00118. The van der Waals surface area contributed by atoms with Crippen molar-refractivity contribution in [3.8, 4) is 5.75 Å². The van der Waals surface area contributed by atoms with Crippen molar-refractivity contribution < 1.29 is 14.2 Å². The first-order valence-corrected chi connectivity index (χ1v) is 9.88. The summed E-state index contributed by atoms with van der Waals surface area (Å²) in [6.45, 7) is 4.39. The van der Waals surface area contributed by atoms with Crippen LogP contribution < -0.4 is 9.64 Å². The van der Waals surface area contributed by atoms with Gasteiger partial charge in [-0.15, -0.1) is 11.8 Å². The summed E-state index contributed by atoms with van der Waals surface area (Å²) < 4.78 is 18.1. The maximum atomic E-state index is 6.07. The third-order valence-corrected chi connectivity index (χ3v) is 5.15. The molecule has 0 bridgehead atoms. The average Bonchev–Trinajstić information content (AvgIpc) is 3.00. The van der Waals surface area contributed by atoms with Crippen LogP contribution in [0.3, 0.4) is 0 Å². The van der Waals surface area contributed by atoms with Gasteiger partial charge in [0.25, 0.3) is 0 Å². The molecule has 2 aliphatic heterocycles. The van der Waals surface area contributed by atoms with Gasteiger partial charge in [0.1, 0.15) is 29.1 Å². The van der Waals surface area contributed by atoms with Gasteiger partial charge < -0.3 is 19.1 Å². The van der Waals surface area contributed by atoms with E-state index in [2.05, 4.69) is 19.9 Å². The second-order valence-electron chi connectivity index (χ2n) is 6.42. The largest absolute Gasteiger partial charge is 0.484 e. The van der Waals surface area contributed by atoms with Crippen LogP contribution in [0.1, 0.15) is 5.69 Å². The van der Waals surface area contributed by atoms with Crippen molar-refractivity contribution in [2.45, 2.75) is 30.3 Å². The quantitative estimate of drug-likeness (QED) is 0.594. The number of aryl methyl sites for hydroxylation is 1. The van der Waals surface area contributed by atoms with Crippen molar-refractivity contribution in [2.75, 3.05) is 37.5 Å². The molecule has 7 nitrogen and oxygen atoms in total. The molecule has 0 aromatic carbocycles. The normalized spacial score (nSPS) is 23.5. The topological polar surface area (TPSA) is 69.6 Å². The smallest absolute Gasteiger partial charge is 0.226 e. The Morgan fingerprint density at radius 3 is 2.54 bits per heavy atom. The Kier molecular flexibility index (Phi) is 5.23. The maximum Gasteiger partial charge on any atom is 0.226 e. The second kappa shape index (κ2) is 7.77. The molecule has 2 aromatic heterocycles. The summed E-state index contributed by atoms with van der Waals surface area (Å²) in [4.78, 5) is 15.3. The summed E-state index contributed by atoms with van der Waals surface area (Å²) in [5, 5.41) is 0.962. The van der Waals surface area contributed by atoms with Crippen LogP contribution in [-0.2, 0) is 9.47 Å². The van der Waals surface area contributed by atoms with E-state index in [0.29, 0.717) is 13.2 Å². The van der Waals surface area contributed by atoms with Gasteiger partial charge in [-0.25, -0.2) is 9.97 Å². The van der Waals surface area contributed by atoms with Crippen LogP contribution in [0.2, 0.25) is 0 Å². The highest BCUT2D eigenvalue weighted by Crippen LogP contribution is 2.25. The number of hydrogen-bond acceptors (Lipinski definition) is 8. The fourth-order valence-electron chi connectivity index (χ4n) is 3.12. The monoisotopic (exact) mass is 374 g/mol. The molecule has 8 heteroatoms. The van der Waals surface area contributed by atoms with E-state index >= 15 is 0 Å². The van der Waals surface area contributed by atoms with E-state index in [-0.39, 0.29) is 18.3 Å². The lowest BCUT2D eigenvalue weighted by Crippen LogP contribution is -2.30. The van der Waals surface area contributed by atoms with E-state index in [0.717, 1.165) is 35.5 Å². The molecule has 4 rings (SSSR count). The highest BCUT2D eigenvalue weighted by atomic mass is 32.2. The third kappa shape index (κ3) is 3.92. The van der Waals surface area contributed by atoms with Crippen LogP contribution in [0.4, 0.5) is 5.95 Å². The Labute approximate surface area is 157 Å². The Bertz CT molecular complexity index is 729. The summed E-state index contributed by atoms with van der Waals surface area (Å²) in [5.74, 6) is 1.47. The number of pyridine rings is 1. The predicted molar refractivity (Wildman–Crippen MR) is 98.9 cm³/mol. The van der Waals surface area contributed by atoms with Crippen molar-refractivity contribution in [2.24, 2.45) is 0 Å². The highest BCUT2D eigenvalue weighted by molar-refractivity contribution is 7.98. The Balaban J connectivity index is 1.36. The lowest BCUT2D eigenvalue weighted by atomic mass is 10.3. The molecule has 0 radical (unpaired) electrons. The van der Waals surface area contributed by atoms with Crippen LogP contribution in [-0.4, -0.2) is 65.8 Å². The molecule has 2 atom stereocenters. The van der Waals surface area contributed by atoms with Gasteiger partial charge in [-0.2, -0.15) is 0 Å². The molecule has 2 saturated heterocycles. The number of fused-ring (bicyclic) bond motifs is 1. The fourth-order valence-corrected chi connectivity index (χ4v) is 3.49. The second-order valence-corrected chi connectivity index (χ2v) is 7.25. The summed E-state index contributed by atoms with van der Waals surface area (Å²) in [5.41, 5.74) is 0.966. The zero-order chi connectivity index (χ0) is 17.9. The van der Waals surface area contributed by atoms with Gasteiger partial charge in [0.15, 0.2) is 0 Å². The number of hydrogen-bond donors (Lipinski definition) is 0. The van der Waals surface area contributed by atoms with Gasteiger partial charge >= 0.3 is 0 Å². The molecule has 4 heterocycles. The van der Waals surface area contributed by atoms with Crippen LogP contribution >= 0.6 is 11.8 Å². The number of anilines is 1. The summed E-state index contributed by atoms with van der Waals surface area (Å²) in [6.07, 6.45) is 5.41. The standard InChI is InChI=1S/C18H22N4O3S/c1-12-3-4-13(7-20-12)25-14-10-23-15-8-22(9-16(15)24-11-14)18-19-6-5-17(21-18)26-2/h3-7,14-16H,8-11H2,1-2H3/t15-,16-/m0/s1. The molecule has 0 aliphatic carbocycles. The molecular weight excluding hydrogens is 352 g/mol. The van der Waals surface area contributed by atoms with Gasteiger partial charge in [0.2, 0.25) is 5.95 Å². The van der Waals surface area contributed by atoms with Crippen molar-refractivity contribution in [3.05, 3.63) is 36.3 Å². The summed E-state index contributed by atoms with van der Waals surface area (Å²) >= 11 is 1.61. The van der Waals surface area contributed by atoms with Gasteiger partial charge in [0, 0.05) is 25.0 Å². The molecule has 0 unspecified atom stereocenters. The summed E-state index contributed by atoms with van der Waals surface area (Å²) in [7, 11) is 0. The van der Waals surface area contributed by atoms with E-state index in [1.165, 1.54) is 0 Å². The molecule has 2 aliphatic rings. The number of aromatic nitrogens is 3. The van der Waals surface area contributed by atoms with E-state index < -0.39 is 0 Å². The molecule has 2 fully saturated rings. The Morgan fingerprint density at radius 2 is 1.88 bits per heavy atom. The molecule has 0 spiro atoms. The first kappa shape index (κ1) is 17.5. The first-order chi connectivity index (χ1) is 12.7. The maximum absolute atomic E-state index is 6.07. The third-order valence-electron chi connectivity index (χ3n) is 4.50. The van der Waals surface area contributed by atoms with Crippen molar-refractivity contribution in [1.29, 1.82) is 0 Å². The van der Waals surface area contributed by atoms with Crippen LogP contribution in [0.15, 0.2) is 35.6 Å². The van der Waals surface area contributed by atoms with Crippen LogP contribution in [0, 0.1) is 6.92 Å². The average molecular weight is 374 g/mol. The highest BCUT2D eigenvalue weighted by Gasteiger charge is 2.38. The molecule has 0 saturated carbocycles. The van der Waals surface area contributed by atoms with Gasteiger partial charge in [-0.05, 0) is 31.4 Å². The van der Waals surface area contributed by atoms with Gasteiger partial charge in [-0.1, -0.05) is 0 Å². The van der Waals surface area contributed by atoms with Gasteiger partial charge in [-0.3, -0.25) is 4.98 Å². The molecule has 138 valence electrons. The number of nitrogens with zero attached hydrogens (tertiary/aromatic N) is 4. The number of rotatable bonds is 4. The van der Waals surface area contributed by atoms with Crippen molar-refractivity contribution >= 4 is 17.7 Å². The fraction of sp³-hybridized carbons (Fsp3) is 0.500. The number of thioether (sulfide) groups is 1. The minimum atomic E-state index is -0.130. The molecule has 26 heavy (non-hydrogen) atoms. The molecular formula is C18H22N4O3S. The SMILES string of the molecule is CSc1ccnc(N2C[C@@H]3OCC(Oc4ccc(C)nc4)CO[C@H]3C2)n1. The van der Waals surface area contributed by atoms with E-state index in [9.17, 15) is 0 Å². The van der Waals surface area contributed by atoms with Crippen LogP contribution in [0.5, 0.6) is 5.75 Å². The first-order valence-electron chi connectivity index (χ1n) is 8.66. The minimum Gasteiger partial charge on any atom is -0.484 e. The zero-order valence-corrected chi connectivity index (χ0v) is 15.7. The van der Waals surface area contributed by atoms with Gasteiger partial charge in [0.05, 0.1) is 19.4 Å². The predicted octanol–water partition coefficient (Wildman–Crippen LogP) is 1.95. The van der Waals surface area contributed by atoms with E-state index in [1.54, 1.807) is 24.2 Å². The molecule has 0 amide bonds. The lowest BCUT2D eigenvalue weighted by Gasteiger charge is -2.19. The Morgan fingerprint density at radius 1 is 1.12 bits per heavy atom. The summed E-state index contributed by atoms with van der Waals surface area (Å²) in [6, 6.07) is 5.77. The van der Waals surface area contributed by atoms with Crippen LogP contribution in [0.25, 0.3) is 0 Å².